The van der Waals surface area contributed by atoms with Crippen LogP contribution in [-0.2, 0) is 0 Å². The van der Waals surface area contributed by atoms with Crippen molar-refractivity contribution in [1.29, 1.82) is 5.26 Å². The number of nitro benzene ring substituents is 1. The van der Waals surface area contributed by atoms with Crippen molar-refractivity contribution in [2.45, 2.75) is 26.7 Å². The molecule has 0 saturated carbocycles. The summed E-state index contributed by atoms with van der Waals surface area (Å²) in [6.45, 7) is 5.13. The number of hydrogen-bond acceptors (Lipinski definition) is 5. The second-order valence-corrected chi connectivity index (χ2v) is 5.82. The largest absolute Gasteiger partial charge is 0.490 e. The van der Waals surface area contributed by atoms with Gasteiger partial charge in [-0.25, -0.2) is 0 Å². The number of benzene rings is 2. The van der Waals surface area contributed by atoms with Crippen LogP contribution in [0.25, 0.3) is 11.6 Å². The van der Waals surface area contributed by atoms with Gasteiger partial charge in [-0.15, -0.1) is 0 Å². The molecule has 140 valence electrons. The lowest BCUT2D eigenvalue weighted by atomic mass is 10.0. The first-order valence-corrected chi connectivity index (χ1v) is 8.85. The number of unbranched alkanes of at least 4 members (excludes halogenated alkanes) is 1. The van der Waals surface area contributed by atoms with Crippen LogP contribution in [-0.4, -0.2) is 18.1 Å². The summed E-state index contributed by atoms with van der Waals surface area (Å²) in [4.78, 5) is 10.3. The number of nitriles is 1. The molecule has 2 rings (SSSR count). The maximum Gasteiger partial charge on any atom is 0.269 e. The number of nitro groups is 1. The molecule has 0 amide bonds. The Morgan fingerprint density at radius 3 is 2.48 bits per heavy atom. The molecule has 0 heterocycles. The van der Waals surface area contributed by atoms with Gasteiger partial charge in [0.15, 0.2) is 11.5 Å². The average molecular weight is 366 g/mol. The lowest BCUT2D eigenvalue weighted by Crippen LogP contribution is -2.00. The summed E-state index contributed by atoms with van der Waals surface area (Å²) in [5.74, 6) is 1.31. The lowest BCUT2D eigenvalue weighted by molar-refractivity contribution is -0.384. The summed E-state index contributed by atoms with van der Waals surface area (Å²) in [6, 6.07) is 13.6. The Kier molecular flexibility index (Phi) is 7.38. The highest BCUT2D eigenvalue weighted by Crippen LogP contribution is 2.30. The molecule has 6 nitrogen and oxygen atoms in total. The van der Waals surface area contributed by atoms with E-state index in [0.29, 0.717) is 35.8 Å². The third-order valence-corrected chi connectivity index (χ3v) is 3.84. The summed E-state index contributed by atoms with van der Waals surface area (Å²) in [7, 11) is 0. The van der Waals surface area contributed by atoms with Gasteiger partial charge < -0.3 is 9.47 Å². The minimum atomic E-state index is -0.467. The summed E-state index contributed by atoms with van der Waals surface area (Å²) in [5.41, 5.74) is 1.80. The van der Waals surface area contributed by atoms with E-state index >= 15 is 0 Å². The smallest absolute Gasteiger partial charge is 0.269 e. The zero-order valence-electron chi connectivity index (χ0n) is 15.5. The van der Waals surface area contributed by atoms with Crippen molar-refractivity contribution in [3.8, 4) is 17.6 Å². The molecule has 0 aliphatic carbocycles. The molecule has 2 aromatic carbocycles. The first-order valence-electron chi connectivity index (χ1n) is 8.85. The van der Waals surface area contributed by atoms with Crippen molar-refractivity contribution in [2.24, 2.45) is 0 Å². The summed E-state index contributed by atoms with van der Waals surface area (Å²) >= 11 is 0. The molecule has 2 aromatic rings. The molecule has 0 aromatic heterocycles. The van der Waals surface area contributed by atoms with E-state index in [9.17, 15) is 15.4 Å². The highest BCUT2D eigenvalue weighted by Gasteiger charge is 2.09. The monoisotopic (exact) mass is 366 g/mol. The molecular formula is C21H22N2O4. The van der Waals surface area contributed by atoms with Crippen LogP contribution >= 0.6 is 0 Å². The van der Waals surface area contributed by atoms with Crippen LogP contribution in [0.1, 0.15) is 37.8 Å². The van der Waals surface area contributed by atoms with Crippen molar-refractivity contribution in [2.75, 3.05) is 13.2 Å². The maximum atomic E-state index is 10.8. The standard InChI is InChI=1S/C21H22N2O4/c1-3-5-12-27-20-11-6-16(14-21(20)26-4-2)13-18(15-22)17-7-9-19(10-8-17)23(24)25/h6-11,13-14H,3-5,12H2,1-2H3/b18-13+. The van der Waals surface area contributed by atoms with Crippen LogP contribution in [0.2, 0.25) is 0 Å². The van der Waals surface area contributed by atoms with E-state index in [1.807, 2.05) is 25.1 Å². The van der Waals surface area contributed by atoms with Gasteiger partial charge in [0.25, 0.3) is 5.69 Å². The molecule has 6 heteroatoms. The molecule has 0 unspecified atom stereocenters. The molecule has 0 fully saturated rings. The second kappa shape index (κ2) is 9.97. The second-order valence-electron chi connectivity index (χ2n) is 5.82. The minimum Gasteiger partial charge on any atom is -0.490 e. The number of rotatable bonds is 9. The van der Waals surface area contributed by atoms with Crippen LogP contribution in [0.3, 0.4) is 0 Å². The van der Waals surface area contributed by atoms with E-state index in [2.05, 4.69) is 13.0 Å². The summed E-state index contributed by atoms with van der Waals surface area (Å²) in [6.07, 6.45) is 3.73. The van der Waals surface area contributed by atoms with Gasteiger partial charge in [-0.2, -0.15) is 5.26 Å². The Morgan fingerprint density at radius 2 is 1.89 bits per heavy atom. The molecule has 0 aliphatic rings. The van der Waals surface area contributed by atoms with Crippen LogP contribution in [0, 0.1) is 21.4 Å². The third kappa shape index (κ3) is 5.58. The SMILES string of the molecule is CCCCOc1ccc(/C=C(\C#N)c2ccc([N+](=O)[O-])cc2)cc1OCC. The number of nitrogens with zero attached hydrogens (tertiary/aromatic N) is 2. The molecule has 0 atom stereocenters. The average Bonchev–Trinajstić information content (AvgIpc) is 2.68. The Morgan fingerprint density at radius 1 is 1.15 bits per heavy atom. The highest BCUT2D eigenvalue weighted by atomic mass is 16.6. The Labute approximate surface area is 158 Å². The van der Waals surface area contributed by atoms with Crippen molar-refractivity contribution in [1.82, 2.24) is 0 Å². The Bertz CT molecular complexity index is 851. The van der Waals surface area contributed by atoms with Gasteiger partial charge in [-0.3, -0.25) is 10.1 Å². The maximum absolute atomic E-state index is 10.8. The molecule has 0 aliphatic heterocycles. The van der Waals surface area contributed by atoms with Gasteiger partial charge in [-0.05, 0) is 54.8 Å². The Hall–Kier alpha value is -3.33. The lowest BCUT2D eigenvalue weighted by Gasteiger charge is -2.12. The fraction of sp³-hybridized carbons (Fsp3) is 0.286. The van der Waals surface area contributed by atoms with Crippen LogP contribution < -0.4 is 9.47 Å². The number of hydrogen-bond donors (Lipinski definition) is 0. The molecule has 0 radical (unpaired) electrons. The highest BCUT2D eigenvalue weighted by molar-refractivity contribution is 5.90. The van der Waals surface area contributed by atoms with E-state index in [1.165, 1.54) is 12.1 Å². The van der Waals surface area contributed by atoms with Gasteiger partial charge in [0.05, 0.1) is 29.8 Å². The fourth-order valence-electron chi connectivity index (χ4n) is 2.44. The van der Waals surface area contributed by atoms with E-state index in [0.717, 1.165) is 18.4 Å². The van der Waals surface area contributed by atoms with Gasteiger partial charge >= 0.3 is 0 Å². The predicted octanol–water partition coefficient (Wildman–Crippen LogP) is 5.24. The number of non-ortho nitro benzene ring substituents is 1. The van der Waals surface area contributed by atoms with E-state index < -0.39 is 4.92 Å². The first kappa shape index (κ1) is 20.0. The fourth-order valence-corrected chi connectivity index (χ4v) is 2.44. The first-order chi connectivity index (χ1) is 13.1. The number of allylic oxidation sites excluding steroid dienone is 1. The van der Waals surface area contributed by atoms with E-state index in [4.69, 9.17) is 9.47 Å². The zero-order valence-corrected chi connectivity index (χ0v) is 15.5. The number of ether oxygens (including phenoxy) is 2. The van der Waals surface area contributed by atoms with E-state index in [-0.39, 0.29) is 5.69 Å². The van der Waals surface area contributed by atoms with Crippen molar-refractivity contribution < 1.29 is 14.4 Å². The minimum absolute atomic E-state index is 0.0109. The molecular weight excluding hydrogens is 344 g/mol. The van der Waals surface area contributed by atoms with Crippen molar-refractivity contribution in [3.63, 3.8) is 0 Å². The summed E-state index contributed by atoms with van der Waals surface area (Å²) in [5, 5.41) is 20.2. The normalized spacial score (nSPS) is 10.9. The van der Waals surface area contributed by atoms with Crippen LogP contribution in [0.4, 0.5) is 5.69 Å². The Balaban J connectivity index is 2.30. The molecule has 0 N–H and O–H groups in total. The third-order valence-electron chi connectivity index (χ3n) is 3.84. The van der Waals surface area contributed by atoms with Gasteiger partial charge in [0.1, 0.15) is 0 Å². The van der Waals surface area contributed by atoms with E-state index in [1.54, 1.807) is 18.2 Å². The predicted molar refractivity (Wildman–Crippen MR) is 105 cm³/mol. The zero-order chi connectivity index (χ0) is 19.6. The van der Waals surface area contributed by atoms with Gasteiger partial charge in [0, 0.05) is 12.1 Å². The topological polar surface area (TPSA) is 85.4 Å². The molecule has 27 heavy (non-hydrogen) atoms. The van der Waals surface area contributed by atoms with Crippen molar-refractivity contribution in [3.05, 3.63) is 63.7 Å². The summed E-state index contributed by atoms with van der Waals surface area (Å²) < 4.78 is 11.4. The van der Waals surface area contributed by atoms with Gasteiger partial charge in [0.2, 0.25) is 0 Å². The van der Waals surface area contributed by atoms with Gasteiger partial charge in [-0.1, -0.05) is 19.4 Å². The quantitative estimate of drug-likeness (QED) is 0.199. The van der Waals surface area contributed by atoms with Crippen molar-refractivity contribution >= 4 is 17.3 Å². The molecule has 0 spiro atoms. The molecule has 0 saturated heterocycles. The molecule has 0 bridgehead atoms. The van der Waals surface area contributed by atoms with Crippen LogP contribution in [0.15, 0.2) is 42.5 Å². The van der Waals surface area contributed by atoms with Crippen LogP contribution in [0.5, 0.6) is 11.5 Å².